The van der Waals surface area contributed by atoms with Crippen LogP contribution in [-0.2, 0) is 21.4 Å². The third-order valence-corrected chi connectivity index (χ3v) is 4.83. The van der Waals surface area contributed by atoms with E-state index in [0.717, 1.165) is 28.9 Å². The average Bonchev–Trinajstić information content (AvgIpc) is 3.03. The smallest absolute Gasteiger partial charge is 0.248 e. The molecule has 4 nitrogen and oxygen atoms in total. The Bertz CT molecular complexity index is 890. The van der Waals surface area contributed by atoms with Gasteiger partial charge < -0.3 is 10.2 Å². The fourth-order valence-electron chi connectivity index (χ4n) is 3.26. The van der Waals surface area contributed by atoms with Crippen molar-refractivity contribution in [3.05, 3.63) is 65.2 Å². The lowest BCUT2D eigenvalue weighted by molar-refractivity contribution is -0.116. The summed E-state index contributed by atoms with van der Waals surface area (Å²) in [4.78, 5) is 25.6. The number of anilines is 2. The summed E-state index contributed by atoms with van der Waals surface area (Å²) in [6.07, 6.45) is 4.17. The van der Waals surface area contributed by atoms with Crippen LogP contribution < -0.4 is 10.2 Å². The number of fused-ring (bicyclic) bond motifs is 1. The number of hydrogen-bond donors (Lipinski definition) is 1. The Balaban J connectivity index is 1.64. The van der Waals surface area contributed by atoms with Crippen molar-refractivity contribution in [1.29, 1.82) is 0 Å². The van der Waals surface area contributed by atoms with E-state index in [1.54, 1.807) is 17.9 Å². The van der Waals surface area contributed by atoms with Crippen LogP contribution in [0.3, 0.4) is 0 Å². The van der Waals surface area contributed by atoms with Gasteiger partial charge in [-0.15, -0.1) is 0 Å². The zero-order chi connectivity index (χ0) is 19.6. The van der Waals surface area contributed by atoms with E-state index < -0.39 is 0 Å². The molecule has 0 unspecified atom stereocenters. The van der Waals surface area contributed by atoms with Crippen LogP contribution in [0.1, 0.15) is 44.4 Å². The van der Waals surface area contributed by atoms with Crippen LogP contribution in [0.5, 0.6) is 0 Å². The van der Waals surface area contributed by atoms with E-state index >= 15 is 0 Å². The maximum Gasteiger partial charge on any atom is 0.248 e. The van der Waals surface area contributed by atoms with Gasteiger partial charge in [0.1, 0.15) is 0 Å². The predicted octanol–water partition coefficient (Wildman–Crippen LogP) is 4.55. The molecular formula is C23H26N2O2. The Kier molecular flexibility index (Phi) is 5.17. The van der Waals surface area contributed by atoms with Gasteiger partial charge in [0.05, 0.1) is 0 Å². The molecular weight excluding hydrogens is 336 g/mol. The highest BCUT2D eigenvalue weighted by Crippen LogP contribution is 2.30. The first kappa shape index (κ1) is 18.9. The van der Waals surface area contributed by atoms with E-state index in [0.29, 0.717) is 6.54 Å². The molecule has 0 saturated heterocycles. The lowest BCUT2D eigenvalue weighted by atomic mass is 9.87. The minimum absolute atomic E-state index is 0.0472. The molecule has 3 rings (SSSR count). The summed E-state index contributed by atoms with van der Waals surface area (Å²) in [6.45, 7) is 8.81. The Hall–Kier alpha value is -2.88. The summed E-state index contributed by atoms with van der Waals surface area (Å²) in [6, 6.07) is 13.9. The lowest BCUT2D eigenvalue weighted by Gasteiger charge is -2.18. The number of benzene rings is 2. The molecule has 0 saturated carbocycles. The maximum absolute atomic E-state index is 12.2. The second-order valence-corrected chi connectivity index (χ2v) is 7.96. The molecule has 0 atom stereocenters. The summed E-state index contributed by atoms with van der Waals surface area (Å²) >= 11 is 0. The average molecular weight is 362 g/mol. The molecule has 0 radical (unpaired) electrons. The molecule has 2 aromatic rings. The first-order valence-corrected chi connectivity index (χ1v) is 9.25. The molecule has 27 heavy (non-hydrogen) atoms. The molecule has 140 valence electrons. The fourth-order valence-corrected chi connectivity index (χ4v) is 3.26. The van der Waals surface area contributed by atoms with Crippen molar-refractivity contribution in [3.8, 4) is 0 Å². The van der Waals surface area contributed by atoms with Gasteiger partial charge in [-0.05, 0) is 52.8 Å². The first-order chi connectivity index (χ1) is 12.7. The Morgan fingerprint density at radius 3 is 2.41 bits per heavy atom. The van der Waals surface area contributed by atoms with E-state index in [4.69, 9.17) is 0 Å². The topological polar surface area (TPSA) is 49.4 Å². The van der Waals surface area contributed by atoms with Gasteiger partial charge in [0.15, 0.2) is 0 Å². The van der Waals surface area contributed by atoms with E-state index in [1.807, 2.05) is 36.4 Å². The molecule has 2 amide bonds. The van der Waals surface area contributed by atoms with Gasteiger partial charge in [-0.1, -0.05) is 45.0 Å². The third kappa shape index (κ3) is 4.45. The van der Waals surface area contributed by atoms with Gasteiger partial charge in [-0.25, -0.2) is 0 Å². The van der Waals surface area contributed by atoms with Gasteiger partial charge in [-0.3, -0.25) is 9.59 Å². The molecule has 0 bridgehead atoms. The normalized spacial score (nSPS) is 13.7. The molecule has 1 N–H and O–H groups in total. The van der Waals surface area contributed by atoms with Crippen molar-refractivity contribution < 1.29 is 9.59 Å². The molecule has 0 aromatic heterocycles. The van der Waals surface area contributed by atoms with Gasteiger partial charge in [0, 0.05) is 30.9 Å². The number of hydrogen-bond acceptors (Lipinski definition) is 2. The SMILES string of the molecule is CC(=O)N1CCc2cc(NC(=O)/C=C/c3ccc(C(C)(C)C)cc3)ccc21. The number of carbonyl (C=O) groups excluding carboxylic acids is 2. The molecule has 1 heterocycles. The Labute approximate surface area is 160 Å². The van der Waals surface area contributed by atoms with Crippen LogP contribution >= 0.6 is 0 Å². The van der Waals surface area contributed by atoms with Crippen LogP contribution in [0.15, 0.2) is 48.5 Å². The molecule has 0 fully saturated rings. The number of nitrogens with one attached hydrogen (secondary N) is 1. The van der Waals surface area contributed by atoms with Crippen LogP contribution in [0, 0.1) is 0 Å². The second kappa shape index (κ2) is 7.39. The van der Waals surface area contributed by atoms with Gasteiger partial charge in [-0.2, -0.15) is 0 Å². The van der Waals surface area contributed by atoms with E-state index in [-0.39, 0.29) is 17.2 Å². The number of rotatable bonds is 3. The predicted molar refractivity (Wildman–Crippen MR) is 111 cm³/mol. The minimum Gasteiger partial charge on any atom is -0.323 e. The molecule has 0 aliphatic carbocycles. The monoisotopic (exact) mass is 362 g/mol. The fraction of sp³-hybridized carbons (Fsp3) is 0.304. The highest BCUT2D eigenvalue weighted by atomic mass is 16.2. The van der Waals surface area contributed by atoms with Crippen LogP contribution in [0.2, 0.25) is 0 Å². The quantitative estimate of drug-likeness (QED) is 0.815. The van der Waals surface area contributed by atoms with Crippen molar-refractivity contribution in [1.82, 2.24) is 0 Å². The van der Waals surface area contributed by atoms with E-state index in [1.165, 1.54) is 5.56 Å². The summed E-state index contributed by atoms with van der Waals surface area (Å²) in [5.74, 6) is -0.123. The minimum atomic E-state index is -0.170. The molecule has 0 spiro atoms. The molecule has 1 aliphatic heterocycles. The van der Waals surface area contributed by atoms with Crippen molar-refractivity contribution in [2.75, 3.05) is 16.8 Å². The van der Waals surface area contributed by atoms with Gasteiger partial charge >= 0.3 is 0 Å². The molecule has 2 aromatic carbocycles. The first-order valence-electron chi connectivity index (χ1n) is 9.25. The summed E-state index contributed by atoms with van der Waals surface area (Å²) in [5, 5.41) is 2.89. The van der Waals surface area contributed by atoms with Crippen LogP contribution in [0.25, 0.3) is 6.08 Å². The van der Waals surface area contributed by atoms with Gasteiger partial charge in [0.2, 0.25) is 11.8 Å². The van der Waals surface area contributed by atoms with Crippen LogP contribution in [-0.4, -0.2) is 18.4 Å². The number of carbonyl (C=O) groups is 2. The Morgan fingerprint density at radius 1 is 1.07 bits per heavy atom. The summed E-state index contributed by atoms with van der Waals surface area (Å²) in [5.41, 5.74) is 5.15. The van der Waals surface area contributed by atoms with Crippen molar-refractivity contribution >= 4 is 29.3 Å². The number of amides is 2. The second-order valence-electron chi connectivity index (χ2n) is 7.96. The van der Waals surface area contributed by atoms with E-state index in [2.05, 4.69) is 38.2 Å². The summed E-state index contributed by atoms with van der Waals surface area (Å²) in [7, 11) is 0. The zero-order valence-electron chi connectivity index (χ0n) is 16.4. The van der Waals surface area contributed by atoms with Gasteiger partial charge in [0.25, 0.3) is 0 Å². The standard InChI is InChI=1S/C23H26N2O2/c1-16(26)25-14-13-18-15-20(10-11-21(18)25)24-22(27)12-7-17-5-8-19(9-6-17)23(2,3)4/h5-12,15H,13-14H2,1-4H3,(H,24,27)/b12-7+. The highest BCUT2D eigenvalue weighted by Gasteiger charge is 2.22. The Morgan fingerprint density at radius 2 is 1.78 bits per heavy atom. The highest BCUT2D eigenvalue weighted by molar-refractivity contribution is 6.02. The van der Waals surface area contributed by atoms with Crippen molar-refractivity contribution in [3.63, 3.8) is 0 Å². The maximum atomic E-state index is 12.2. The lowest BCUT2D eigenvalue weighted by Crippen LogP contribution is -2.25. The van der Waals surface area contributed by atoms with Crippen LogP contribution in [0.4, 0.5) is 11.4 Å². The third-order valence-electron chi connectivity index (χ3n) is 4.83. The zero-order valence-corrected chi connectivity index (χ0v) is 16.4. The van der Waals surface area contributed by atoms with Crippen molar-refractivity contribution in [2.45, 2.75) is 39.5 Å². The van der Waals surface area contributed by atoms with Crippen molar-refractivity contribution in [2.24, 2.45) is 0 Å². The number of nitrogens with zero attached hydrogens (tertiary/aromatic N) is 1. The largest absolute Gasteiger partial charge is 0.323 e. The molecule has 4 heteroatoms. The molecule has 1 aliphatic rings. The summed E-state index contributed by atoms with van der Waals surface area (Å²) < 4.78 is 0. The van der Waals surface area contributed by atoms with E-state index in [9.17, 15) is 9.59 Å².